The van der Waals surface area contributed by atoms with Crippen LogP contribution in [-0.2, 0) is 9.84 Å². The van der Waals surface area contributed by atoms with Crippen molar-refractivity contribution in [3.05, 3.63) is 48.7 Å². The fourth-order valence-electron chi connectivity index (χ4n) is 3.98. The van der Waals surface area contributed by atoms with Crippen molar-refractivity contribution in [2.45, 2.75) is 36.0 Å². The molecule has 0 atom stereocenters. The molecule has 3 aromatic rings. The first-order chi connectivity index (χ1) is 14.5. The molecule has 0 unspecified atom stereocenters. The Labute approximate surface area is 177 Å². The summed E-state index contributed by atoms with van der Waals surface area (Å²) >= 11 is 0. The van der Waals surface area contributed by atoms with Crippen LogP contribution in [0.2, 0.25) is 0 Å². The molecule has 0 saturated carbocycles. The fraction of sp³-hybridized carbons (Fsp3) is 0.348. The van der Waals surface area contributed by atoms with Crippen LogP contribution in [0.15, 0.2) is 58.5 Å². The molecule has 1 aliphatic rings. The Morgan fingerprint density at radius 2 is 1.70 bits per heavy atom. The van der Waals surface area contributed by atoms with Gasteiger partial charge in [-0.3, -0.25) is 0 Å². The van der Waals surface area contributed by atoms with Crippen LogP contribution in [0.1, 0.15) is 26.2 Å². The van der Waals surface area contributed by atoms with E-state index in [2.05, 4.69) is 9.88 Å². The summed E-state index contributed by atoms with van der Waals surface area (Å²) < 4.78 is 38.1. The number of sulfone groups is 1. The van der Waals surface area contributed by atoms with Gasteiger partial charge in [-0.2, -0.15) is 0 Å². The maximum atomic E-state index is 13.6. The lowest BCUT2D eigenvalue weighted by Crippen LogP contribution is -2.31. The summed E-state index contributed by atoms with van der Waals surface area (Å²) in [5, 5.41) is 0.859. The number of hydrogen-bond acceptors (Lipinski definition) is 5. The molecule has 1 N–H and O–H groups in total. The van der Waals surface area contributed by atoms with Gasteiger partial charge in [0.1, 0.15) is 11.5 Å². The molecular weight excluding hydrogens is 400 g/mol. The number of nitrogens with zero attached hydrogens (tertiary/aromatic N) is 1. The SMILES string of the molecule is CCOc1ccc2[nH+]cc(S(=O)(=O)c3ccc(OC)cc3)c(N3CCCCC3)c2c1. The van der Waals surface area contributed by atoms with Gasteiger partial charge in [-0.1, -0.05) is 0 Å². The molecule has 0 amide bonds. The van der Waals surface area contributed by atoms with Gasteiger partial charge in [0.25, 0.3) is 0 Å². The molecule has 0 bridgehead atoms. The number of anilines is 1. The van der Waals surface area contributed by atoms with Gasteiger partial charge in [0.15, 0.2) is 11.1 Å². The van der Waals surface area contributed by atoms with Crippen molar-refractivity contribution >= 4 is 26.4 Å². The third-order valence-electron chi connectivity index (χ3n) is 5.48. The van der Waals surface area contributed by atoms with Crippen molar-refractivity contribution in [1.29, 1.82) is 0 Å². The van der Waals surface area contributed by atoms with Crippen molar-refractivity contribution in [3.8, 4) is 11.5 Å². The molecule has 6 nitrogen and oxygen atoms in total. The summed E-state index contributed by atoms with van der Waals surface area (Å²) in [7, 11) is -2.17. The molecule has 1 aliphatic heterocycles. The zero-order valence-corrected chi connectivity index (χ0v) is 18.2. The standard InChI is InChI=1S/C23H26N2O4S/c1-3-29-18-9-12-21-20(15-18)23(25-13-5-4-6-14-25)22(16-24-21)30(26,27)19-10-7-17(28-2)8-11-19/h7-12,15-16H,3-6,13-14H2,1-2H3/p+1. The Balaban J connectivity index is 1.93. The van der Waals surface area contributed by atoms with Crippen LogP contribution in [0.4, 0.5) is 5.69 Å². The van der Waals surface area contributed by atoms with Crippen LogP contribution in [0.25, 0.3) is 10.9 Å². The molecule has 0 spiro atoms. The molecule has 2 aromatic carbocycles. The molecule has 158 valence electrons. The Kier molecular flexibility index (Phi) is 5.81. The number of methoxy groups -OCH3 is 1. The fourth-order valence-corrected chi connectivity index (χ4v) is 5.43. The Morgan fingerprint density at radius 3 is 2.37 bits per heavy atom. The van der Waals surface area contributed by atoms with Crippen LogP contribution >= 0.6 is 0 Å². The van der Waals surface area contributed by atoms with Crippen LogP contribution in [0, 0.1) is 0 Å². The third kappa shape index (κ3) is 3.81. The summed E-state index contributed by atoms with van der Waals surface area (Å²) in [6, 6.07) is 12.3. The predicted molar refractivity (Wildman–Crippen MR) is 116 cm³/mol. The van der Waals surface area contributed by atoms with Gasteiger partial charge in [0.2, 0.25) is 15.4 Å². The number of benzene rings is 2. The lowest BCUT2D eigenvalue weighted by Gasteiger charge is -2.30. The molecule has 2 heterocycles. The number of rotatable bonds is 6. The van der Waals surface area contributed by atoms with E-state index >= 15 is 0 Å². The number of nitrogens with one attached hydrogen (secondary N) is 1. The summed E-state index contributed by atoms with van der Waals surface area (Å²) in [6.45, 7) is 4.16. The smallest absolute Gasteiger partial charge is 0.214 e. The molecule has 0 aliphatic carbocycles. The highest BCUT2D eigenvalue weighted by Crippen LogP contribution is 2.37. The van der Waals surface area contributed by atoms with E-state index in [1.54, 1.807) is 37.6 Å². The number of fused-ring (bicyclic) bond motifs is 1. The Hall–Kier alpha value is -2.80. The van der Waals surface area contributed by atoms with Gasteiger partial charge in [0, 0.05) is 19.2 Å². The van der Waals surface area contributed by atoms with Gasteiger partial charge in [-0.15, -0.1) is 0 Å². The number of aromatic nitrogens is 1. The number of pyridine rings is 1. The monoisotopic (exact) mass is 427 g/mol. The maximum Gasteiger partial charge on any atom is 0.214 e. The summed E-state index contributed by atoms with van der Waals surface area (Å²) in [5.41, 5.74) is 1.63. The van der Waals surface area contributed by atoms with Gasteiger partial charge >= 0.3 is 0 Å². The number of aromatic amines is 1. The van der Waals surface area contributed by atoms with E-state index in [1.807, 2.05) is 25.1 Å². The lowest BCUT2D eigenvalue weighted by atomic mass is 10.1. The van der Waals surface area contributed by atoms with Crippen molar-refractivity contribution < 1.29 is 22.9 Å². The first kappa shape index (κ1) is 20.5. The second-order valence-electron chi connectivity index (χ2n) is 7.37. The highest BCUT2D eigenvalue weighted by atomic mass is 32.2. The van der Waals surface area contributed by atoms with E-state index in [9.17, 15) is 8.42 Å². The quantitative estimate of drug-likeness (QED) is 0.597. The minimum atomic E-state index is -3.73. The summed E-state index contributed by atoms with van der Waals surface area (Å²) in [4.78, 5) is 5.91. The molecule has 1 fully saturated rings. The molecular formula is C23H27N2O4S+. The highest BCUT2D eigenvalue weighted by molar-refractivity contribution is 7.91. The van der Waals surface area contributed by atoms with Gasteiger partial charge < -0.3 is 14.4 Å². The average Bonchev–Trinajstić information content (AvgIpc) is 2.79. The average molecular weight is 428 g/mol. The number of piperidine rings is 1. The van der Waals surface area contributed by atoms with Crippen LogP contribution in [0.5, 0.6) is 11.5 Å². The first-order valence-electron chi connectivity index (χ1n) is 10.3. The molecule has 0 radical (unpaired) electrons. The molecule has 1 aromatic heterocycles. The van der Waals surface area contributed by atoms with E-state index in [4.69, 9.17) is 9.47 Å². The normalized spacial score (nSPS) is 14.7. The lowest BCUT2D eigenvalue weighted by molar-refractivity contribution is -0.347. The van der Waals surface area contributed by atoms with Crippen LogP contribution in [0.3, 0.4) is 0 Å². The number of H-pyrrole nitrogens is 1. The molecule has 7 heteroatoms. The minimum absolute atomic E-state index is 0.246. The van der Waals surface area contributed by atoms with Crippen molar-refractivity contribution in [1.82, 2.24) is 0 Å². The van der Waals surface area contributed by atoms with Crippen molar-refractivity contribution in [3.63, 3.8) is 0 Å². The van der Waals surface area contributed by atoms with Gasteiger partial charge in [-0.25, -0.2) is 13.4 Å². The topological polar surface area (TPSA) is 70.0 Å². The van der Waals surface area contributed by atoms with Crippen LogP contribution < -0.4 is 19.4 Å². The zero-order chi connectivity index (χ0) is 21.1. The largest absolute Gasteiger partial charge is 0.497 e. The maximum absolute atomic E-state index is 13.6. The van der Waals surface area contributed by atoms with Crippen molar-refractivity contribution in [2.24, 2.45) is 0 Å². The third-order valence-corrected chi connectivity index (χ3v) is 7.26. The second-order valence-corrected chi connectivity index (χ2v) is 9.29. The molecule has 1 saturated heterocycles. The second kappa shape index (κ2) is 8.52. The highest BCUT2D eigenvalue weighted by Gasteiger charge is 2.30. The van der Waals surface area contributed by atoms with E-state index in [-0.39, 0.29) is 9.79 Å². The molecule has 4 rings (SSSR count). The van der Waals surface area contributed by atoms with E-state index in [0.29, 0.717) is 12.4 Å². The van der Waals surface area contributed by atoms with Gasteiger partial charge in [-0.05, 0) is 62.6 Å². The predicted octanol–water partition coefficient (Wildman–Crippen LogP) is 3.88. The number of hydrogen-bond donors (Lipinski definition) is 0. The van der Waals surface area contributed by atoms with E-state index < -0.39 is 9.84 Å². The van der Waals surface area contributed by atoms with Crippen LogP contribution in [-0.4, -0.2) is 35.2 Å². The minimum Gasteiger partial charge on any atom is -0.497 e. The molecule has 30 heavy (non-hydrogen) atoms. The number of ether oxygens (including phenoxy) is 2. The van der Waals surface area contributed by atoms with E-state index in [1.165, 1.54) is 0 Å². The Morgan fingerprint density at radius 1 is 1.00 bits per heavy atom. The Bertz CT molecular complexity index is 1140. The van der Waals surface area contributed by atoms with Crippen molar-refractivity contribution in [2.75, 3.05) is 31.7 Å². The summed E-state index contributed by atoms with van der Waals surface area (Å²) in [6.07, 6.45) is 4.88. The first-order valence-corrected chi connectivity index (χ1v) is 11.8. The summed E-state index contributed by atoms with van der Waals surface area (Å²) in [5.74, 6) is 1.35. The van der Waals surface area contributed by atoms with Gasteiger partial charge in [0.05, 0.1) is 29.7 Å². The van der Waals surface area contributed by atoms with E-state index in [0.717, 1.165) is 54.7 Å². The zero-order valence-electron chi connectivity index (χ0n) is 17.3.